The Labute approximate surface area is 141 Å². The lowest BCUT2D eigenvalue weighted by molar-refractivity contribution is 0.0250. The summed E-state index contributed by atoms with van der Waals surface area (Å²) in [6, 6.07) is 6.47. The van der Waals surface area contributed by atoms with E-state index in [9.17, 15) is 4.79 Å². The molecular formula is C15H23BN4O4. The van der Waals surface area contributed by atoms with Crippen LogP contribution < -0.4 is 11.2 Å². The predicted molar refractivity (Wildman–Crippen MR) is 90.3 cm³/mol. The summed E-state index contributed by atoms with van der Waals surface area (Å²) in [5, 5.41) is 21.5. The maximum atomic E-state index is 12.4. The van der Waals surface area contributed by atoms with Gasteiger partial charge in [0.15, 0.2) is 0 Å². The van der Waals surface area contributed by atoms with Gasteiger partial charge in [0.05, 0.1) is 12.2 Å². The zero-order valence-corrected chi connectivity index (χ0v) is 14.1. The molecule has 0 atom stereocenters. The third-order valence-corrected chi connectivity index (χ3v) is 2.99. The molecule has 0 bridgehead atoms. The summed E-state index contributed by atoms with van der Waals surface area (Å²) in [5.74, 6) is 0. The highest BCUT2D eigenvalue weighted by molar-refractivity contribution is 6.58. The smallest absolute Gasteiger partial charge is 0.444 e. The molecule has 0 heterocycles. The van der Waals surface area contributed by atoms with Gasteiger partial charge in [0.25, 0.3) is 0 Å². The number of carbonyl (C=O) groups excluding carboxylic acids is 1. The molecule has 8 nitrogen and oxygen atoms in total. The highest BCUT2D eigenvalue weighted by atomic mass is 16.6. The topological polar surface area (TPSA) is 132 Å². The minimum absolute atomic E-state index is 0.0271. The van der Waals surface area contributed by atoms with Gasteiger partial charge in [0, 0.05) is 12.7 Å². The fraction of sp³-hybridized carbons (Fsp3) is 0.400. The Morgan fingerprint density at radius 1 is 1.38 bits per heavy atom. The van der Waals surface area contributed by atoms with Crippen molar-refractivity contribution in [3.05, 3.63) is 41.7 Å². The summed E-state index contributed by atoms with van der Waals surface area (Å²) in [5.41, 5.74) is 13.1. The molecule has 0 spiro atoms. The van der Waals surface area contributed by atoms with Gasteiger partial charge in [-0.15, -0.1) is 0 Å². The van der Waals surface area contributed by atoms with Crippen LogP contribution in [0.25, 0.3) is 0 Å². The lowest BCUT2D eigenvalue weighted by atomic mass is 9.80. The molecule has 5 N–H and O–H groups in total. The lowest BCUT2D eigenvalue weighted by Gasteiger charge is -2.27. The van der Waals surface area contributed by atoms with Crippen LogP contribution in [0.5, 0.6) is 0 Å². The van der Waals surface area contributed by atoms with E-state index in [0.29, 0.717) is 5.46 Å². The second kappa shape index (κ2) is 8.46. The number of hydrogen-bond acceptors (Lipinski definition) is 7. The summed E-state index contributed by atoms with van der Waals surface area (Å²) in [4.78, 5) is 13.7. The zero-order chi connectivity index (χ0) is 18.3. The van der Waals surface area contributed by atoms with E-state index >= 15 is 0 Å². The molecule has 0 unspecified atom stereocenters. The normalized spacial score (nSPS) is 11.8. The number of nitrogens with zero attached hydrogens (tertiary/aromatic N) is 2. The zero-order valence-electron chi connectivity index (χ0n) is 14.1. The van der Waals surface area contributed by atoms with Crippen molar-refractivity contribution in [3.8, 4) is 0 Å². The molecule has 1 rings (SSSR count). The third-order valence-electron chi connectivity index (χ3n) is 2.99. The van der Waals surface area contributed by atoms with Gasteiger partial charge in [-0.3, -0.25) is 4.90 Å². The quantitative estimate of drug-likeness (QED) is 0.454. The number of rotatable bonds is 6. The first-order valence-corrected chi connectivity index (χ1v) is 7.37. The van der Waals surface area contributed by atoms with Gasteiger partial charge in [0.1, 0.15) is 5.60 Å². The van der Waals surface area contributed by atoms with Crippen LogP contribution in [-0.4, -0.2) is 40.3 Å². The van der Waals surface area contributed by atoms with Crippen molar-refractivity contribution < 1.29 is 19.6 Å². The van der Waals surface area contributed by atoms with Crippen LogP contribution in [-0.2, 0) is 11.3 Å². The van der Waals surface area contributed by atoms with Crippen LogP contribution in [0.2, 0.25) is 0 Å². The number of nitrogens with two attached hydrogens (primary N) is 1. The molecule has 130 valence electrons. The molecule has 0 aliphatic heterocycles. The maximum absolute atomic E-state index is 12.4. The fourth-order valence-corrected chi connectivity index (χ4v) is 1.85. The summed E-state index contributed by atoms with van der Waals surface area (Å²) < 4.78 is 5.36. The Balaban J connectivity index is 2.95. The summed E-state index contributed by atoms with van der Waals surface area (Å²) >= 11 is 0. The number of hydrogen-bond donors (Lipinski definition) is 4. The van der Waals surface area contributed by atoms with Gasteiger partial charge >= 0.3 is 13.2 Å². The molecule has 0 aromatic heterocycles. The van der Waals surface area contributed by atoms with Crippen molar-refractivity contribution in [1.29, 1.82) is 5.53 Å². The second-order valence-electron chi connectivity index (χ2n) is 6.22. The first kappa shape index (κ1) is 19.7. The van der Waals surface area contributed by atoms with Gasteiger partial charge in [-0.25, -0.2) is 10.3 Å². The molecule has 0 radical (unpaired) electrons. The van der Waals surface area contributed by atoms with Crippen molar-refractivity contribution in [1.82, 2.24) is 4.90 Å². The number of ether oxygens (including phenoxy) is 1. The van der Waals surface area contributed by atoms with E-state index < -0.39 is 18.8 Å². The Kier molecular flexibility index (Phi) is 6.93. The Bertz CT molecular complexity index is 596. The summed E-state index contributed by atoms with van der Waals surface area (Å²) in [7, 11) is -1.55. The Hall–Kier alpha value is -2.39. The molecule has 9 heteroatoms. The van der Waals surface area contributed by atoms with E-state index in [-0.39, 0.29) is 18.8 Å². The standard InChI is InChI=1S/C15H23BN4O4/c1-15(2,3)24-14(21)20(10-13(8-17)19-18)9-11-4-6-12(7-5-11)16(22)23/h4-8,18,22-23H,9-10,17H2,1-3H3/b13-8-,19-18?. The molecule has 0 aliphatic rings. The van der Waals surface area contributed by atoms with E-state index in [4.69, 9.17) is 26.0 Å². The maximum Gasteiger partial charge on any atom is 0.488 e. The van der Waals surface area contributed by atoms with Crippen LogP contribution in [0.3, 0.4) is 0 Å². The van der Waals surface area contributed by atoms with Crippen molar-refractivity contribution in [2.75, 3.05) is 6.54 Å². The first-order valence-electron chi connectivity index (χ1n) is 7.37. The highest BCUT2D eigenvalue weighted by Gasteiger charge is 2.23. The highest BCUT2D eigenvalue weighted by Crippen LogP contribution is 2.14. The molecular weight excluding hydrogens is 311 g/mol. The molecule has 0 saturated carbocycles. The monoisotopic (exact) mass is 334 g/mol. The minimum Gasteiger partial charge on any atom is -0.444 e. The molecule has 0 fully saturated rings. The van der Waals surface area contributed by atoms with Gasteiger partial charge in [0.2, 0.25) is 0 Å². The first-order chi connectivity index (χ1) is 11.2. The molecule has 0 aliphatic carbocycles. The van der Waals surface area contributed by atoms with Crippen molar-refractivity contribution in [2.24, 2.45) is 10.8 Å². The average Bonchev–Trinajstić information content (AvgIpc) is 2.50. The second-order valence-corrected chi connectivity index (χ2v) is 6.22. The predicted octanol–water partition coefficient (Wildman–Crippen LogP) is 0.935. The number of nitrogens with one attached hydrogen (secondary N) is 1. The van der Waals surface area contributed by atoms with Crippen LogP contribution in [0.1, 0.15) is 26.3 Å². The molecule has 1 aromatic carbocycles. The fourth-order valence-electron chi connectivity index (χ4n) is 1.85. The van der Waals surface area contributed by atoms with E-state index in [1.165, 1.54) is 4.90 Å². The van der Waals surface area contributed by atoms with Crippen LogP contribution in [0.4, 0.5) is 4.79 Å². The Morgan fingerprint density at radius 2 is 1.96 bits per heavy atom. The average molecular weight is 334 g/mol. The molecule has 1 amide bonds. The van der Waals surface area contributed by atoms with Crippen molar-refractivity contribution in [3.63, 3.8) is 0 Å². The third kappa shape index (κ3) is 6.39. The Morgan fingerprint density at radius 3 is 2.38 bits per heavy atom. The minimum atomic E-state index is -1.55. The SMILES string of the molecule is CC(C)(C)OC(=O)N(C/C(=C/N)N=N)Cc1ccc(B(O)O)cc1. The van der Waals surface area contributed by atoms with Crippen molar-refractivity contribution in [2.45, 2.75) is 32.9 Å². The van der Waals surface area contributed by atoms with Gasteiger partial charge in [-0.05, 0) is 31.8 Å². The van der Waals surface area contributed by atoms with E-state index in [2.05, 4.69) is 5.11 Å². The van der Waals surface area contributed by atoms with Gasteiger partial charge < -0.3 is 20.5 Å². The van der Waals surface area contributed by atoms with Crippen LogP contribution >= 0.6 is 0 Å². The van der Waals surface area contributed by atoms with Gasteiger partial charge in [-0.2, -0.15) is 5.11 Å². The van der Waals surface area contributed by atoms with E-state index in [0.717, 1.165) is 11.8 Å². The summed E-state index contributed by atoms with van der Waals surface area (Å²) in [6.07, 6.45) is 0.604. The van der Waals surface area contributed by atoms with E-state index in [1.54, 1.807) is 45.0 Å². The number of benzene rings is 1. The molecule has 24 heavy (non-hydrogen) atoms. The number of carbonyl (C=O) groups is 1. The molecule has 1 aromatic rings. The lowest BCUT2D eigenvalue weighted by Crippen LogP contribution is -2.37. The molecule has 0 saturated heterocycles. The van der Waals surface area contributed by atoms with Gasteiger partial charge in [-0.1, -0.05) is 24.3 Å². The largest absolute Gasteiger partial charge is 0.488 e. The van der Waals surface area contributed by atoms with E-state index in [1.807, 2.05) is 0 Å². The number of amides is 1. The van der Waals surface area contributed by atoms with Crippen LogP contribution in [0.15, 0.2) is 41.3 Å². The summed E-state index contributed by atoms with van der Waals surface area (Å²) in [6.45, 7) is 5.50. The van der Waals surface area contributed by atoms with Crippen LogP contribution in [0, 0.1) is 5.53 Å². The van der Waals surface area contributed by atoms with Crippen molar-refractivity contribution >= 4 is 18.7 Å².